The van der Waals surface area contributed by atoms with Crippen molar-refractivity contribution in [2.75, 3.05) is 33.2 Å². The molecule has 0 bridgehead atoms. The number of likely N-dealkylation sites (N-methyl/N-ethyl adjacent to an activating group) is 1. The number of guanidine groups is 1. The van der Waals surface area contributed by atoms with Gasteiger partial charge in [-0.2, -0.15) is 0 Å². The van der Waals surface area contributed by atoms with Gasteiger partial charge in [-0.1, -0.05) is 92.8 Å². The minimum atomic E-state index is -3.98. The smallest absolute Gasteiger partial charge is 0.290 e. The van der Waals surface area contributed by atoms with Crippen LogP contribution in [0.2, 0.25) is 0 Å². The number of ketones is 1. The second-order valence-corrected chi connectivity index (χ2v) is 14.8. The lowest BCUT2D eigenvalue weighted by Crippen LogP contribution is -2.53. The van der Waals surface area contributed by atoms with E-state index in [1.54, 1.807) is 30.3 Å². The molecule has 1 aliphatic rings. The number of carbonyl (C=O) groups is 5. The Kier molecular flexibility index (Phi) is 17.2. The third-order valence-corrected chi connectivity index (χ3v) is 10.0. The summed E-state index contributed by atoms with van der Waals surface area (Å²) in [5.41, 5.74) is 12.4. The van der Waals surface area contributed by atoms with E-state index in [9.17, 15) is 32.4 Å². The van der Waals surface area contributed by atoms with Crippen molar-refractivity contribution in [2.45, 2.75) is 75.6 Å². The molecule has 2 aromatic rings. The molecule has 1 aliphatic carbocycles. The maximum absolute atomic E-state index is 13.6. The van der Waals surface area contributed by atoms with Crippen LogP contribution in [0.3, 0.4) is 0 Å². The number of nitrogens with zero attached hydrogens (tertiary/aromatic N) is 2. The summed E-state index contributed by atoms with van der Waals surface area (Å²) in [5, 5.41) is 7.70. The van der Waals surface area contributed by atoms with Crippen LogP contribution in [-0.2, 0) is 46.2 Å². The summed E-state index contributed by atoms with van der Waals surface area (Å²) in [6.45, 7) is -0.418. The monoisotopic (exact) mass is 740 g/mol. The second-order valence-electron chi connectivity index (χ2n) is 13.1. The molecule has 0 unspecified atom stereocenters. The van der Waals surface area contributed by atoms with Gasteiger partial charge in [-0.15, -0.1) is 0 Å². The topological polar surface area (TPSA) is 235 Å². The first-order valence-electron chi connectivity index (χ1n) is 17.6. The van der Waals surface area contributed by atoms with Crippen LogP contribution in [0.4, 0.5) is 0 Å². The SMILES string of the molecule is CN(CC(=O)N[C@@H](CC1CCCCC1)C(=O)C(=O)NCC(=O)NCCc1ccccc1)C(=O)[C@H](CCCN=C(N)N)NS(=O)(=O)Cc1ccccc1. The molecule has 15 nitrogen and oxygen atoms in total. The summed E-state index contributed by atoms with van der Waals surface area (Å²) >= 11 is 0. The number of hydrogen-bond donors (Lipinski definition) is 6. The predicted molar refractivity (Wildman–Crippen MR) is 198 cm³/mol. The van der Waals surface area contributed by atoms with E-state index in [4.69, 9.17) is 11.5 Å². The average molecular weight is 741 g/mol. The van der Waals surface area contributed by atoms with Gasteiger partial charge in [-0.05, 0) is 42.7 Å². The number of aliphatic imine (C=N–C) groups is 1. The molecule has 0 aliphatic heterocycles. The van der Waals surface area contributed by atoms with E-state index in [1.165, 1.54) is 7.05 Å². The number of rotatable bonds is 21. The molecule has 0 aromatic heterocycles. The fourth-order valence-corrected chi connectivity index (χ4v) is 7.40. The van der Waals surface area contributed by atoms with Gasteiger partial charge in [0.2, 0.25) is 33.5 Å². The lowest BCUT2D eigenvalue weighted by Gasteiger charge is -2.28. The first kappa shape index (κ1) is 41.6. The van der Waals surface area contributed by atoms with Gasteiger partial charge in [0, 0.05) is 20.1 Å². The third-order valence-electron chi connectivity index (χ3n) is 8.68. The molecule has 1 fully saturated rings. The van der Waals surface area contributed by atoms with Crippen molar-refractivity contribution in [3.63, 3.8) is 0 Å². The highest BCUT2D eigenvalue weighted by atomic mass is 32.2. The normalized spacial score (nSPS) is 14.3. The fraction of sp³-hybridized carbons (Fsp3) is 0.500. The zero-order valence-electron chi connectivity index (χ0n) is 29.7. The van der Waals surface area contributed by atoms with E-state index in [0.717, 1.165) is 42.6 Å². The fourth-order valence-electron chi connectivity index (χ4n) is 6.03. The van der Waals surface area contributed by atoms with Crippen LogP contribution in [0.15, 0.2) is 65.7 Å². The zero-order valence-corrected chi connectivity index (χ0v) is 30.5. The molecular weight excluding hydrogens is 689 g/mol. The number of nitrogens with one attached hydrogen (secondary N) is 4. The number of Topliss-reactive ketones (excluding diaryl/α,β-unsaturated/α-hetero) is 1. The van der Waals surface area contributed by atoms with Crippen LogP contribution >= 0.6 is 0 Å². The molecule has 284 valence electrons. The Hall–Kier alpha value is -4.83. The average Bonchev–Trinajstić information content (AvgIpc) is 3.11. The number of sulfonamides is 1. The summed E-state index contributed by atoms with van der Waals surface area (Å²) in [4.78, 5) is 70.4. The van der Waals surface area contributed by atoms with Crippen molar-refractivity contribution >= 4 is 45.4 Å². The molecule has 16 heteroatoms. The quantitative estimate of drug-likeness (QED) is 0.0452. The van der Waals surface area contributed by atoms with E-state index in [1.807, 2.05) is 30.3 Å². The molecule has 3 rings (SSSR count). The van der Waals surface area contributed by atoms with Crippen LogP contribution in [0, 0.1) is 5.92 Å². The molecule has 0 radical (unpaired) electrons. The number of benzene rings is 2. The van der Waals surface area contributed by atoms with E-state index in [2.05, 4.69) is 25.7 Å². The van der Waals surface area contributed by atoms with Crippen molar-refractivity contribution in [3.05, 3.63) is 71.8 Å². The summed E-state index contributed by atoms with van der Waals surface area (Å²) in [5.74, 6) is -4.14. The van der Waals surface area contributed by atoms with E-state index >= 15 is 0 Å². The summed E-state index contributed by atoms with van der Waals surface area (Å²) in [7, 11) is -2.64. The maximum atomic E-state index is 13.6. The Labute approximate surface area is 305 Å². The van der Waals surface area contributed by atoms with Crippen molar-refractivity contribution in [1.29, 1.82) is 0 Å². The van der Waals surface area contributed by atoms with Gasteiger partial charge in [-0.3, -0.25) is 29.0 Å². The molecule has 2 aromatic carbocycles. The summed E-state index contributed by atoms with van der Waals surface area (Å²) < 4.78 is 28.6. The zero-order chi connectivity index (χ0) is 37.9. The van der Waals surface area contributed by atoms with E-state index in [-0.39, 0.29) is 43.4 Å². The van der Waals surface area contributed by atoms with Crippen molar-refractivity contribution in [1.82, 2.24) is 25.6 Å². The summed E-state index contributed by atoms with van der Waals surface area (Å²) in [6, 6.07) is 15.6. The first-order valence-corrected chi connectivity index (χ1v) is 19.2. The van der Waals surface area contributed by atoms with Gasteiger partial charge >= 0.3 is 0 Å². The van der Waals surface area contributed by atoms with Crippen LogP contribution in [-0.4, -0.2) is 94.0 Å². The molecule has 4 amide bonds. The third kappa shape index (κ3) is 15.6. The van der Waals surface area contributed by atoms with E-state index < -0.39 is 64.6 Å². The maximum Gasteiger partial charge on any atom is 0.290 e. The lowest BCUT2D eigenvalue weighted by molar-refractivity contribution is -0.141. The Balaban J connectivity index is 1.62. The highest BCUT2D eigenvalue weighted by Crippen LogP contribution is 2.27. The standard InChI is InChI=1S/C36H52N8O7S/c1-44(35(49)29(18-11-20-40-36(37)38)43-52(50,51)25-28-16-9-4-10-17-28)24-32(46)42-30(22-27-14-7-3-8-15-27)33(47)34(48)41-23-31(45)39-21-19-26-12-5-2-6-13-26/h2,4-6,9-10,12-13,16-17,27,29-30,43H,3,7-8,11,14-15,18-25H2,1H3,(H,39,45)(H,41,48)(H,42,46)(H4,37,38,40)/t29-,30-/m0/s1. The number of amides is 4. The Bertz CT molecular complexity index is 1610. The minimum absolute atomic E-state index is 0.0401. The van der Waals surface area contributed by atoms with Crippen molar-refractivity contribution in [2.24, 2.45) is 22.4 Å². The van der Waals surface area contributed by atoms with Crippen molar-refractivity contribution in [3.8, 4) is 0 Å². The van der Waals surface area contributed by atoms with Gasteiger partial charge in [0.05, 0.1) is 24.9 Å². The van der Waals surface area contributed by atoms with Gasteiger partial charge in [-0.25, -0.2) is 13.1 Å². The van der Waals surface area contributed by atoms with Crippen LogP contribution in [0.1, 0.15) is 62.5 Å². The highest BCUT2D eigenvalue weighted by molar-refractivity contribution is 7.88. The largest absolute Gasteiger partial charge is 0.370 e. The highest BCUT2D eigenvalue weighted by Gasteiger charge is 2.32. The van der Waals surface area contributed by atoms with Gasteiger partial charge in [0.1, 0.15) is 6.04 Å². The van der Waals surface area contributed by atoms with Crippen LogP contribution in [0.5, 0.6) is 0 Å². The Morgan fingerprint density at radius 2 is 1.50 bits per heavy atom. The molecule has 2 atom stereocenters. The molecule has 8 N–H and O–H groups in total. The first-order chi connectivity index (χ1) is 24.8. The Morgan fingerprint density at radius 1 is 0.865 bits per heavy atom. The number of carbonyl (C=O) groups excluding carboxylic acids is 5. The molecule has 0 spiro atoms. The van der Waals surface area contributed by atoms with Crippen molar-refractivity contribution < 1.29 is 32.4 Å². The predicted octanol–water partition coefficient (Wildman–Crippen LogP) is 0.486. The number of hydrogen-bond acceptors (Lipinski definition) is 8. The minimum Gasteiger partial charge on any atom is -0.370 e. The van der Waals surface area contributed by atoms with Gasteiger partial charge in [0.15, 0.2) is 5.96 Å². The second kappa shape index (κ2) is 21.5. The van der Waals surface area contributed by atoms with Gasteiger partial charge < -0.3 is 32.3 Å². The summed E-state index contributed by atoms with van der Waals surface area (Å²) in [6.07, 6.45) is 5.82. The van der Waals surface area contributed by atoms with Gasteiger partial charge in [0.25, 0.3) is 5.91 Å². The molecule has 1 saturated carbocycles. The molecule has 0 heterocycles. The van der Waals surface area contributed by atoms with E-state index in [0.29, 0.717) is 18.5 Å². The van der Waals surface area contributed by atoms with Crippen LogP contribution in [0.25, 0.3) is 0 Å². The molecule has 0 saturated heterocycles. The molecular formula is C36H52N8O7S. The lowest BCUT2D eigenvalue weighted by atomic mass is 9.84. The Morgan fingerprint density at radius 3 is 2.13 bits per heavy atom. The van der Waals surface area contributed by atoms with Crippen LogP contribution < -0.4 is 32.1 Å². The molecule has 52 heavy (non-hydrogen) atoms. The number of nitrogens with two attached hydrogens (primary N) is 2.